The number of aryl methyl sites for hydroxylation is 1. The first-order valence-corrected chi connectivity index (χ1v) is 5.37. The van der Waals surface area contributed by atoms with E-state index >= 15 is 0 Å². The zero-order valence-electron chi connectivity index (χ0n) is 9.85. The first-order valence-electron chi connectivity index (χ1n) is 5.37. The van der Waals surface area contributed by atoms with Gasteiger partial charge in [-0.3, -0.25) is 9.48 Å². The summed E-state index contributed by atoms with van der Waals surface area (Å²) in [5.74, 6) is -1.00. The largest absolute Gasteiger partial charge is 0.396 e. The van der Waals surface area contributed by atoms with Gasteiger partial charge in [-0.15, -0.1) is 0 Å². The van der Waals surface area contributed by atoms with Crippen LogP contribution in [-0.4, -0.2) is 15.7 Å². The van der Waals surface area contributed by atoms with E-state index in [0.29, 0.717) is 6.54 Å². The van der Waals surface area contributed by atoms with E-state index < -0.39 is 11.7 Å². The second kappa shape index (κ2) is 4.87. The topological polar surface area (TPSA) is 72.9 Å². The highest BCUT2D eigenvalue weighted by atomic mass is 19.1. The summed E-state index contributed by atoms with van der Waals surface area (Å²) in [7, 11) is 1.79. The maximum atomic E-state index is 13.2. The number of benzene rings is 1. The van der Waals surface area contributed by atoms with Crippen molar-refractivity contribution < 1.29 is 9.18 Å². The van der Waals surface area contributed by atoms with Gasteiger partial charge in [-0.2, -0.15) is 5.10 Å². The van der Waals surface area contributed by atoms with Crippen LogP contribution in [0.3, 0.4) is 0 Å². The van der Waals surface area contributed by atoms with Crippen LogP contribution in [-0.2, 0) is 13.6 Å². The number of hydrogen-bond donors (Lipinski definition) is 2. The average Bonchev–Trinajstić information content (AvgIpc) is 2.76. The van der Waals surface area contributed by atoms with E-state index in [1.165, 1.54) is 18.2 Å². The van der Waals surface area contributed by atoms with E-state index in [2.05, 4.69) is 10.4 Å². The van der Waals surface area contributed by atoms with Gasteiger partial charge < -0.3 is 11.1 Å². The number of rotatable bonds is 3. The third kappa shape index (κ3) is 2.48. The van der Waals surface area contributed by atoms with Crippen molar-refractivity contribution in [3.63, 3.8) is 0 Å². The number of nitrogen functional groups attached to an aromatic ring is 1. The molecule has 5 nitrogen and oxygen atoms in total. The maximum absolute atomic E-state index is 13.2. The van der Waals surface area contributed by atoms with Crippen molar-refractivity contribution in [1.29, 1.82) is 0 Å². The minimum atomic E-state index is -0.593. The SMILES string of the molecule is Cn1cc(CNC(=O)c2cccc(F)c2N)cn1. The monoisotopic (exact) mass is 248 g/mol. The molecule has 0 bridgehead atoms. The van der Waals surface area contributed by atoms with Crippen molar-refractivity contribution in [2.75, 3.05) is 5.73 Å². The Bertz CT molecular complexity index is 579. The second-order valence-corrected chi connectivity index (χ2v) is 3.91. The van der Waals surface area contributed by atoms with Crippen LogP contribution in [0.15, 0.2) is 30.6 Å². The van der Waals surface area contributed by atoms with Crippen LogP contribution in [0.4, 0.5) is 10.1 Å². The quantitative estimate of drug-likeness (QED) is 0.798. The number of carbonyl (C=O) groups is 1. The standard InChI is InChI=1S/C12H13FN4O/c1-17-7-8(6-16-17)5-15-12(18)9-3-2-4-10(13)11(9)14/h2-4,6-7H,5,14H2,1H3,(H,15,18). The van der Waals surface area contributed by atoms with E-state index in [9.17, 15) is 9.18 Å². The highest BCUT2D eigenvalue weighted by Crippen LogP contribution is 2.15. The highest BCUT2D eigenvalue weighted by molar-refractivity contribution is 5.99. The fraction of sp³-hybridized carbons (Fsp3) is 0.167. The Labute approximate surface area is 103 Å². The lowest BCUT2D eigenvalue weighted by Crippen LogP contribution is -2.24. The van der Waals surface area contributed by atoms with Crippen LogP contribution in [0.25, 0.3) is 0 Å². The number of hydrogen-bond acceptors (Lipinski definition) is 3. The first kappa shape index (κ1) is 12.1. The summed E-state index contributed by atoms with van der Waals surface area (Å²) in [6.07, 6.45) is 3.43. The predicted molar refractivity (Wildman–Crippen MR) is 65.2 cm³/mol. The number of nitrogens with one attached hydrogen (secondary N) is 1. The fourth-order valence-corrected chi connectivity index (χ4v) is 1.58. The van der Waals surface area contributed by atoms with Gasteiger partial charge in [0, 0.05) is 25.4 Å². The summed E-state index contributed by atoms with van der Waals surface area (Å²) in [6, 6.07) is 4.15. The van der Waals surface area contributed by atoms with Crippen molar-refractivity contribution in [3.8, 4) is 0 Å². The van der Waals surface area contributed by atoms with Crippen LogP contribution < -0.4 is 11.1 Å². The second-order valence-electron chi connectivity index (χ2n) is 3.91. The Balaban J connectivity index is 2.06. The van der Waals surface area contributed by atoms with Gasteiger partial charge in [-0.05, 0) is 12.1 Å². The van der Waals surface area contributed by atoms with Gasteiger partial charge in [-0.1, -0.05) is 6.07 Å². The molecular formula is C12H13FN4O. The number of halogens is 1. The van der Waals surface area contributed by atoms with Gasteiger partial charge in [0.05, 0.1) is 17.4 Å². The Morgan fingerprint density at radius 2 is 2.33 bits per heavy atom. The molecule has 0 aliphatic rings. The minimum Gasteiger partial charge on any atom is -0.396 e. The minimum absolute atomic E-state index is 0.138. The van der Waals surface area contributed by atoms with Gasteiger partial charge in [-0.25, -0.2) is 4.39 Å². The summed E-state index contributed by atoms with van der Waals surface area (Å²) in [5, 5.41) is 6.64. The Morgan fingerprint density at radius 1 is 1.56 bits per heavy atom. The molecule has 0 aliphatic carbocycles. The number of amides is 1. The molecule has 0 radical (unpaired) electrons. The fourth-order valence-electron chi connectivity index (χ4n) is 1.58. The summed E-state index contributed by atoms with van der Waals surface area (Å²) >= 11 is 0. The molecule has 1 heterocycles. The van der Waals surface area contributed by atoms with E-state index in [0.717, 1.165) is 5.56 Å². The van der Waals surface area contributed by atoms with Crippen molar-refractivity contribution in [2.45, 2.75) is 6.54 Å². The number of nitrogens with two attached hydrogens (primary N) is 1. The lowest BCUT2D eigenvalue weighted by atomic mass is 10.1. The molecule has 18 heavy (non-hydrogen) atoms. The predicted octanol–water partition coefficient (Wildman–Crippen LogP) is 1.07. The summed E-state index contributed by atoms with van der Waals surface area (Å²) in [5.41, 5.74) is 6.37. The Kier molecular flexibility index (Phi) is 3.27. The molecule has 1 aromatic heterocycles. The zero-order valence-corrected chi connectivity index (χ0v) is 9.85. The van der Waals surface area contributed by atoms with E-state index in [1.807, 2.05) is 0 Å². The molecule has 2 aromatic rings. The number of carbonyl (C=O) groups excluding carboxylic acids is 1. The van der Waals surface area contributed by atoms with Crippen LogP contribution >= 0.6 is 0 Å². The molecule has 0 saturated heterocycles. The zero-order chi connectivity index (χ0) is 13.1. The van der Waals surface area contributed by atoms with Gasteiger partial charge in [0.15, 0.2) is 0 Å². The van der Waals surface area contributed by atoms with Crippen LogP contribution in [0, 0.1) is 5.82 Å². The van der Waals surface area contributed by atoms with Crippen molar-refractivity contribution >= 4 is 11.6 Å². The van der Waals surface area contributed by atoms with E-state index in [1.54, 1.807) is 24.1 Å². The third-order valence-electron chi connectivity index (χ3n) is 2.51. The number of nitrogens with zero attached hydrogens (tertiary/aromatic N) is 2. The first-order chi connectivity index (χ1) is 8.58. The molecule has 94 valence electrons. The lowest BCUT2D eigenvalue weighted by Gasteiger charge is -2.06. The van der Waals surface area contributed by atoms with E-state index in [-0.39, 0.29) is 11.3 Å². The maximum Gasteiger partial charge on any atom is 0.253 e. The number of aromatic nitrogens is 2. The number of anilines is 1. The van der Waals surface area contributed by atoms with Gasteiger partial charge in [0.1, 0.15) is 5.82 Å². The summed E-state index contributed by atoms with van der Waals surface area (Å²) in [4.78, 5) is 11.8. The smallest absolute Gasteiger partial charge is 0.253 e. The van der Waals surface area contributed by atoms with E-state index in [4.69, 9.17) is 5.73 Å². The highest BCUT2D eigenvalue weighted by Gasteiger charge is 2.12. The van der Waals surface area contributed by atoms with Crippen molar-refractivity contribution in [3.05, 3.63) is 47.5 Å². The van der Waals surface area contributed by atoms with Gasteiger partial charge in [0.25, 0.3) is 5.91 Å². The van der Waals surface area contributed by atoms with Gasteiger partial charge >= 0.3 is 0 Å². The van der Waals surface area contributed by atoms with Crippen molar-refractivity contribution in [1.82, 2.24) is 15.1 Å². The Hall–Kier alpha value is -2.37. The molecule has 1 amide bonds. The molecule has 0 spiro atoms. The normalized spacial score (nSPS) is 10.3. The third-order valence-corrected chi connectivity index (χ3v) is 2.51. The molecule has 6 heteroatoms. The van der Waals surface area contributed by atoms with Crippen LogP contribution in [0.2, 0.25) is 0 Å². The number of para-hydroxylation sites is 1. The summed E-state index contributed by atoms with van der Waals surface area (Å²) in [6.45, 7) is 0.322. The molecule has 3 N–H and O–H groups in total. The molecule has 0 saturated carbocycles. The summed E-state index contributed by atoms with van der Waals surface area (Å²) < 4.78 is 14.8. The van der Waals surface area contributed by atoms with Crippen LogP contribution in [0.5, 0.6) is 0 Å². The molecule has 0 fully saturated rings. The Morgan fingerprint density at radius 3 is 3.00 bits per heavy atom. The van der Waals surface area contributed by atoms with Crippen molar-refractivity contribution in [2.24, 2.45) is 7.05 Å². The molecule has 0 aliphatic heterocycles. The lowest BCUT2D eigenvalue weighted by molar-refractivity contribution is 0.0951. The van der Waals surface area contributed by atoms with Crippen LogP contribution in [0.1, 0.15) is 15.9 Å². The van der Waals surface area contributed by atoms with Gasteiger partial charge in [0.2, 0.25) is 0 Å². The molecule has 0 atom stereocenters. The molecule has 0 unspecified atom stereocenters. The molecule has 2 rings (SSSR count). The molecule has 1 aromatic carbocycles. The average molecular weight is 248 g/mol. The molecular weight excluding hydrogens is 235 g/mol.